The van der Waals surface area contributed by atoms with Gasteiger partial charge in [-0.2, -0.15) is 0 Å². The third-order valence-corrected chi connectivity index (χ3v) is 2.16. The smallest absolute Gasteiger partial charge is 0.103 e. The highest BCUT2D eigenvalue weighted by Gasteiger charge is 1.99. The fourth-order valence-corrected chi connectivity index (χ4v) is 1.29. The van der Waals surface area contributed by atoms with E-state index in [9.17, 15) is 0 Å². The predicted molar refractivity (Wildman–Crippen MR) is 55.9 cm³/mol. The molecule has 0 unspecified atom stereocenters. The zero-order chi connectivity index (χ0) is 8.53. The predicted octanol–water partition coefficient (Wildman–Crippen LogP) is 2.95. The number of hydrogen-bond acceptors (Lipinski definition) is 0. The molecule has 0 amide bonds. The lowest BCUT2D eigenvalue weighted by Crippen LogP contribution is -1.91. The number of unbranched alkanes of at least 4 members (excludes halogenated alkanes) is 2. The third kappa shape index (κ3) is 7.70. The molecular weight excluding hydrogens is 131 g/mol. The lowest BCUT2D eigenvalue weighted by Gasteiger charge is -2.08. The highest BCUT2D eigenvalue weighted by atomic mass is 14.0. The van der Waals surface area contributed by atoms with Crippen LogP contribution in [0.5, 0.6) is 0 Å². The number of allylic oxidation sites excluding steroid dienone is 1. The maximum Gasteiger partial charge on any atom is 0.105 e. The molecule has 0 bridgehead atoms. The second-order valence-electron chi connectivity index (χ2n) is 3.47. The summed E-state index contributed by atoms with van der Waals surface area (Å²) < 4.78 is 0. The first-order valence-electron chi connectivity index (χ1n) is 4.92. The van der Waals surface area contributed by atoms with Gasteiger partial charge in [0.15, 0.2) is 0 Å². The van der Waals surface area contributed by atoms with E-state index in [1.165, 1.54) is 38.5 Å². The first-order valence-corrected chi connectivity index (χ1v) is 4.92. The molecule has 0 aromatic rings. The summed E-state index contributed by atoms with van der Waals surface area (Å²) >= 11 is 0. The van der Waals surface area contributed by atoms with E-state index < -0.39 is 0 Å². The van der Waals surface area contributed by atoms with Crippen LogP contribution in [0, 0.1) is 0 Å². The minimum absolute atomic E-state index is 0.902. The zero-order valence-corrected chi connectivity index (χ0v) is 8.10. The molecule has 0 heterocycles. The van der Waals surface area contributed by atoms with Crippen molar-refractivity contribution >= 4 is 7.85 Å². The van der Waals surface area contributed by atoms with Crippen LogP contribution in [-0.2, 0) is 0 Å². The van der Waals surface area contributed by atoms with Crippen molar-refractivity contribution in [1.29, 1.82) is 0 Å². The average Bonchev–Trinajstić information content (AvgIpc) is 2.01. The fraction of sp³-hybridized carbons (Fsp3) is 0.800. The standard InChI is InChI=1S/C10H21B/c1-3-5-7-9-10(11)8-6-4-2/h4,10H,2-3,5-9,11H2,1H3/t10-/m0/s1. The van der Waals surface area contributed by atoms with Gasteiger partial charge in [-0.3, -0.25) is 0 Å². The molecule has 0 fully saturated rings. The van der Waals surface area contributed by atoms with Gasteiger partial charge in [-0.15, -0.1) is 6.58 Å². The second-order valence-corrected chi connectivity index (χ2v) is 3.47. The normalized spacial score (nSPS) is 12.8. The molecule has 0 N–H and O–H groups in total. The molecule has 0 spiro atoms. The summed E-state index contributed by atoms with van der Waals surface area (Å²) in [4.78, 5) is 0. The molecule has 0 radical (unpaired) electrons. The monoisotopic (exact) mass is 152 g/mol. The third-order valence-electron chi connectivity index (χ3n) is 2.16. The largest absolute Gasteiger partial charge is 0.105 e. The average molecular weight is 152 g/mol. The van der Waals surface area contributed by atoms with Crippen molar-refractivity contribution in [2.75, 3.05) is 0 Å². The minimum Gasteiger partial charge on any atom is -0.103 e. The summed E-state index contributed by atoms with van der Waals surface area (Å²) in [5, 5.41) is 0. The maximum absolute atomic E-state index is 3.73. The van der Waals surface area contributed by atoms with Crippen LogP contribution in [0.25, 0.3) is 0 Å². The van der Waals surface area contributed by atoms with Crippen molar-refractivity contribution < 1.29 is 0 Å². The summed E-state index contributed by atoms with van der Waals surface area (Å²) in [5.41, 5.74) is 0. The Balaban J connectivity index is 3.08. The molecule has 1 heteroatoms. The van der Waals surface area contributed by atoms with E-state index >= 15 is 0 Å². The van der Waals surface area contributed by atoms with Crippen molar-refractivity contribution in [3.05, 3.63) is 12.7 Å². The van der Waals surface area contributed by atoms with E-state index in [1.54, 1.807) is 0 Å². The van der Waals surface area contributed by atoms with Crippen molar-refractivity contribution in [3.63, 3.8) is 0 Å². The van der Waals surface area contributed by atoms with Gasteiger partial charge in [0.25, 0.3) is 0 Å². The maximum atomic E-state index is 3.73. The molecule has 0 aliphatic heterocycles. The molecule has 0 aromatic carbocycles. The van der Waals surface area contributed by atoms with E-state index in [1.807, 2.05) is 6.08 Å². The molecule has 1 atom stereocenters. The Morgan fingerprint density at radius 1 is 1.36 bits per heavy atom. The Bertz CT molecular complexity index is 88.9. The highest BCUT2D eigenvalue weighted by Crippen LogP contribution is 2.17. The van der Waals surface area contributed by atoms with Crippen LogP contribution in [-0.4, -0.2) is 7.85 Å². The van der Waals surface area contributed by atoms with Crippen LogP contribution < -0.4 is 0 Å². The van der Waals surface area contributed by atoms with E-state index in [2.05, 4.69) is 21.3 Å². The molecule has 0 rings (SSSR count). The van der Waals surface area contributed by atoms with Crippen LogP contribution in [0.15, 0.2) is 12.7 Å². The van der Waals surface area contributed by atoms with Crippen LogP contribution in [0.1, 0.15) is 45.4 Å². The lowest BCUT2D eigenvalue weighted by molar-refractivity contribution is 0.611. The molecule has 0 aromatic heterocycles. The van der Waals surface area contributed by atoms with Gasteiger partial charge in [-0.1, -0.05) is 50.9 Å². The Hall–Kier alpha value is -0.195. The van der Waals surface area contributed by atoms with Gasteiger partial charge in [-0.25, -0.2) is 0 Å². The molecule has 64 valence electrons. The van der Waals surface area contributed by atoms with E-state index in [-0.39, 0.29) is 0 Å². The van der Waals surface area contributed by atoms with Gasteiger partial charge in [0, 0.05) is 0 Å². The van der Waals surface area contributed by atoms with Crippen LogP contribution in [0.4, 0.5) is 0 Å². The van der Waals surface area contributed by atoms with Crippen LogP contribution in [0.2, 0.25) is 5.82 Å². The first kappa shape index (κ1) is 10.8. The topological polar surface area (TPSA) is 0 Å². The van der Waals surface area contributed by atoms with Gasteiger partial charge < -0.3 is 0 Å². The van der Waals surface area contributed by atoms with Gasteiger partial charge in [0.2, 0.25) is 0 Å². The van der Waals surface area contributed by atoms with E-state index in [0.717, 1.165) is 5.82 Å². The van der Waals surface area contributed by atoms with Gasteiger partial charge in [0.05, 0.1) is 0 Å². The highest BCUT2D eigenvalue weighted by molar-refractivity contribution is 6.11. The first-order chi connectivity index (χ1) is 5.31. The number of hydrogen-bond donors (Lipinski definition) is 0. The second kappa shape index (κ2) is 7.91. The Labute approximate surface area is 72.5 Å². The van der Waals surface area contributed by atoms with E-state index in [0.29, 0.717) is 0 Å². The summed E-state index contributed by atoms with van der Waals surface area (Å²) in [6.45, 7) is 5.99. The van der Waals surface area contributed by atoms with Crippen molar-refractivity contribution in [3.8, 4) is 0 Å². The molecule has 0 aliphatic rings. The summed E-state index contributed by atoms with van der Waals surface area (Å²) in [5.74, 6) is 0.902. The SMILES string of the molecule is B[C@@H](CCC=C)CCCCC. The molecule has 0 saturated carbocycles. The quantitative estimate of drug-likeness (QED) is 0.299. The molecule has 0 saturated heterocycles. The summed E-state index contributed by atoms with van der Waals surface area (Å²) in [7, 11) is 2.35. The Morgan fingerprint density at radius 3 is 2.64 bits per heavy atom. The Morgan fingerprint density at radius 2 is 2.09 bits per heavy atom. The molecular formula is C10H21B. The van der Waals surface area contributed by atoms with Crippen molar-refractivity contribution in [1.82, 2.24) is 0 Å². The van der Waals surface area contributed by atoms with E-state index in [4.69, 9.17) is 0 Å². The zero-order valence-electron chi connectivity index (χ0n) is 8.10. The molecule has 0 nitrogen and oxygen atoms in total. The van der Waals surface area contributed by atoms with Gasteiger partial charge >= 0.3 is 0 Å². The Kier molecular flexibility index (Phi) is 7.77. The van der Waals surface area contributed by atoms with Gasteiger partial charge in [-0.05, 0) is 6.42 Å². The fourth-order valence-electron chi connectivity index (χ4n) is 1.29. The van der Waals surface area contributed by atoms with Crippen molar-refractivity contribution in [2.45, 2.75) is 51.3 Å². The molecule has 0 aliphatic carbocycles. The summed E-state index contributed by atoms with van der Waals surface area (Å²) in [6, 6.07) is 0. The minimum atomic E-state index is 0.902. The van der Waals surface area contributed by atoms with Crippen LogP contribution >= 0.6 is 0 Å². The molecule has 11 heavy (non-hydrogen) atoms. The van der Waals surface area contributed by atoms with Gasteiger partial charge in [0.1, 0.15) is 7.85 Å². The van der Waals surface area contributed by atoms with Crippen molar-refractivity contribution in [2.24, 2.45) is 0 Å². The summed E-state index contributed by atoms with van der Waals surface area (Å²) in [6.07, 6.45) is 10.1. The van der Waals surface area contributed by atoms with Crippen LogP contribution in [0.3, 0.4) is 0 Å². The lowest BCUT2D eigenvalue weighted by atomic mass is 9.79. The number of rotatable bonds is 7.